The maximum atomic E-state index is 13.0. The molecule has 1 aromatic heterocycles. The van der Waals surface area contributed by atoms with Crippen LogP contribution >= 0.6 is 11.6 Å². The van der Waals surface area contributed by atoms with Gasteiger partial charge in [-0.05, 0) is 56.2 Å². The van der Waals surface area contributed by atoms with E-state index in [1.165, 1.54) is 12.1 Å². The van der Waals surface area contributed by atoms with Crippen LogP contribution in [-0.4, -0.2) is 20.9 Å². The van der Waals surface area contributed by atoms with Gasteiger partial charge in [-0.1, -0.05) is 35.0 Å². The number of carbonyl (C=O) groups is 1. The summed E-state index contributed by atoms with van der Waals surface area (Å²) in [6.45, 7) is 5.51. The predicted octanol–water partition coefficient (Wildman–Crippen LogP) is 4.17. The summed E-state index contributed by atoms with van der Waals surface area (Å²) >= 11 is 6.17. The Bertz CT molecular complexity index is 953. The van der Waals surface area contributed by atoms with Crippen LogP contribution in [0.4, 0.5) is 4.39 Å². The van der Waals surface area contributed by atoms with Gasteiger partial charge in [-0.3, -0.25) is 4.79 Å². The Morgan fingerprint density at radius 1 is 1.19 bits per heavy atom. The fourth-order valence-corrected chi connectivity index (χ4v) is 2.77. The number of hydrogen-bond acceptors (Lipinski definition) is 3. The molecule has 3 rings (SSSR count). The number of aromatic nitrogens is 3. The van der Waals surface area contributed by atoms with Gasteiger partial charge in [0.05, 0.1) is 17.4 Å². The van der Waals surface area contributed by atoms with Gasteiger partial charge in [0.2, 0.25) is 0 Å². The number of nitrogens with one attached hydrogen (secondary N) is 1. The molecule has 26 heavy (non-hydrogen) atoms. The van der Waals surface area contributed by atoms with E-state index in [4.69, 9.17) is 11.6 Å². The lowest BCUT2D eigenvalue weighted by Crippen LogP contribution is -2.27. The normalized spacial score (nSPS) is 12.0. The van der Waals surface area contributed by atoms with Gasteiger partial charge in [-0.15, -0.1) is 5.10 Å². The fourth-order valence-electron chi connectivity index (χ4n) is 2.60. The van der Waals surface area contributed by atoms with Crippen LogP contribution < -0.4 is 5.32 Å². The van der Waals surface area contributed by atoms with Crippen molar-refractivity contribution in [3.8, 4) is 5.69 Å². The molecule has 1 heterocycles. The SMILES string of the molecule is Cc1ccc(-n2nnc(C(=O)NC(C)c3ccc(F)cc3)c2C)cc1Cl. The van der Waals surface area contributed by atoms with Crippen LogP contribution in [0.1, 0.15) is 40.3 Å². The van der Waals surface area contributed by atoms with Crippen LogP contribution in [0.15, 0.2) is 42.5 Å². The molecule has 0 saturated heterocycles. The molecule has 1 amide bonds. The molecule has 1 N–H and O–H groups in total. The molecule has 0 aliphatic heterocycles. The Balaban J connectivity index is 1.81. The molecule has 0 aliphatic rings. The minimum atomic E-state index is -0.344. The Morgan fingerprint density at radius 3 is 2.54 bits per heavy atom. The van der Waals surface area contributed by atoms with Gasteiger partial charge in [-0.2, -0.15) is 0 Å². The van der Waals surface area contributed by atoms with Crippen molar-refractivity contribution in [1.29, 1.82) is 0 Å². The second kappa shape index (κ2) is 7.25. The highest BCUT2D eigenvalue weighted by molar-refractivity contribution is 6.31. The van der Waals surface area contributed by atoms with E-state index in [0.29, 0.717) is 10.7 Å². The average molecular weight is 373 g/mol. The number of nitrogens with zero attached hydrogens (tertiary/aromatic N) is 3. The van der Waals surface area contributed by atoms with E-state index in [-0.39, 0.29) is 23.5 Å². The zero-order valence-electron chi connectivity index (χ0n) is 14.6. The average Bonchev–Trinajstić information content (AvgIpc) is 2.99. The monoisotopic (exact) mass is 372 g/mol. The summed E-state index contributed by atoms with van der Waals surface area (Å²) in [7, 11) is 0. The molecule has 134 valence electrons. The molecule has 2 aromatic carbocycles. The predicted molar refractivity (Wildman–Crippen MR) is 98.1 cm³/mol. The van der Waals surface area contributed by atoms with Crippen molar-refractivity contribution in [3.05, 3.63) is 75.8 Å². The first-order chi connectivity index (χ1) is 12.4. The maximum absolute atomic E-state index is 13.0. The summed E-state index contributed by atoms with van der Waals surface area (Å²) in [5.74, 6) is -0.661. The molecule has 0 fully saturated rings. The highest BCUT2D eigenvalue weighted by Crippen LogP contribution is 2.21. The molecule has 0 saturated carbocycles. The van der Waals surface area contributed by atoms with Crippen molar-refractivity contribution in [3.63, 3.8) is 0 Å². The van der Waals surface area contributed by atoms with Crippen LogP contribution in [0.3, 0.4) is 0 Å². The van der Waals surface area contributed by atoms with Gasteiger partial charge < -0.3 is 5.32 Å². The number of benzene rings is 2. The number of carbonyl (C=O) groups excluding carboxylic acids is 1. The molecular weight excluding hydrogens is 355 g/mol. The van der Waals surface area contributed by atoms with Crippen molar-refractivity contribution in [2.75, 3.05) is 0 Å². The molecule has 0 spiro atoms. The van der Waals surface area contributed by atoms with Crippen molar-refractivity contribution in [1.82, 2.24) is 20.3 Å². The van der Waals surface area contributed by atoms with E-state index >= 15 is 0 Å². The quantitative estimate of drug-likeness (QED) is 0.747. The molecule has 0 aliphatic carbocycles. The number of aryl methyl sites for hydroxylation is 1. The molecule has 0 bridgehead atoms. The highest BCUT2D eigenvalue weighted by Gasteiger charge is 2.19. The minimum absolute atomic E-state index is 0.232. The van der Waals surface area contributed by atoms with Gasteiger partial charge in [-0.25, -0.2) is 9.07 Å². The number of halogens is 2. The largest absolute Gasteiger partial charge is 0.344 e. The first-order valence-electron chi connectivity index (χ1n) is 8.12. The van der Waals surface area contributed by atoms with Crippen LogP contribution in [0, 0.1) is 19.7 Å². The number of rotatable bonds is 4. The fraction of sp³-hybridized carbons (Fsp3) is 0.211. The third-order valence-corrected chi connectivity index (χ3v) is 4.63. The van der Waals surface area contributed by atoms with Crippen molar-refractivity contribution in [2.45, 2.75) is 26.8 Å². The summed E-state index contributed by atoms with van der Waals surface area (Å²) in [5, 5.41) is 11.5. The van der Waals surface area contributed by atoms with E-state index in [1.807, 2.05) is 26.0 Å². The summed E-state index contributed by atoms with van der Waals surface area (Å²) < 4.78 is 14.6. The standard InChI is InChI=1S/C19H18ClFN4O/c1-11-4-9-16(10-17(11)20)25-13(3)18(23-24-25)19(26)22-12(2)14-5-7-15(21)8-6-14/h4-10,12H,1-3H3,(H,22,26). The van der Waals surface area contributed by atoms with Crippen LogP contribution in [0.25, 0.3) is 5.69 Å². The third kappa shape index (κ3) is 3.60. The Labute approximate surface area is 155 Å². The van der Waals surface area contributed by atoms with Crippen molar-refractivity contribution < 1.29 is 9.18 Å². The Morgan fingerprint density at radius 2 is 1.88 bits per heavy atom. The molecular formula is C19H18ClFN4O. The molecule has 1 atom stereocenters. The second-order valence-corrected chi connectivity index (χ2v) is 6.52. The first-order valence-corrected chi connectivity index (χ1v) is 8.49. The van der Waals surface area contributed by atoms with E-state index in [0.717, 1.165) is 16.8 Å². The van der Waals surface area contributed by atoms with Gasteiger partial charge in [0.1, 0.15) is 5.82 Å². The lowest BCUT2D eigenvalue weighted by atomic mass is 10.1. The number of amides is 1. The summed E-state index contributed by atoms with van der Waals surface area (Å²) in [4.78, 5) is 12.6. The van der Waals surface area contributed by atoms with Crippen molar-refractivity contribution >= 4 is 17.5 Å². The lowest BCUT2D eigenvalue weighted by molar-refractivity contribution is 0.0934. The minimum Gasteiger partial charge on any atom is -0.344 e. The van der Waals surface area contributed by atoms with E-state index < -0.39 is 0 Å². The Kier molecular flexibility index (Phi) is 5.04. The van der Waals surface area contributed by atoms with E-state index in [1.54, 1.807) is 29.8 Å². The Hall–Kier alpha value is -2.73. The second-order valence-electron chi connectivity index (χ2n) is 6.12. The number of hydrogen-bond donors (Lipinski definition) is 1. The van der Waals surface area contributed by atoms with Gasteiger partial charge in [0.25, 0.3) is 5.91 Å². The summed E-state index contributed by atoms with van der Waals surface area (Å²) in [6.07, 6.45) is 0. The van der Waals surface area contributed by atoms with Crippen LogP contribution in [0.5, 0.6) is 0 Å². The van der Waals surface area contributed by atoms with Gasteiger partial charge in [0, 0.05) is 5.02 Å². The molecule has 5 nitrogen and oxygen atoms in total. The molecule has 3 aromatic rings. The van der Waals surface area contributed by atoms with Gasteiger partial charge in [0.15, 0.2) is 5.69 Å². The van der Waals surface area contributed by atoms with Crippen LogP contribution in [-0.2, 0) is 0 Å². The van der Waals surface area contributed by atoms with Crippen molar-refractivity contribution in [2.24, 2.45) is 0 Å². The van der Waals surface area contributed by atoms with Gasteiger partial charge >= 0.3 is 0 Å². The van der Waals surface area contributed by atoms with Crippen LogP contribution in [0.2, 0.25) is 5.02 Å². The maximum Gasteiger partial charge on any atom is 0.274 e. The first kappa shape index (κ1) is 18.1. The molecule has 1 unspecified atom stereocenters. The molecule has 0 radical (unpaired) electrons. The summed E-state index contributed by atoms with van der Waals surface area (Å²) in [5.41, 5.74) is 3.33. The smallest absolute Gasteiger partial charge is 0.274 e. The zero-order valence-corrected chi connectivity index (χ0v) is 15.4. The van der Waals surface area contributed by atoms with E-state index in [9.17, 15) is 9.18 Å². The topological polar surface area (TPSA) is 59.8 Å². The third-order valence-electron chi connectivity index (χ3n) is 4.23. The molecule has 7 heteroatoms. The zero-order chi connectivity index (χ0) is 18.8. The highest BCUT2D eigenvalue weighted by atomic mass is 35.5. The summed E-state index contributed by atoms with van der Waals surface area (Å²) in [6, 6.07) is 11.2. The van der Waals surface area contributed by atoms with E-state index in [2.05, 4.69) is 15.6 Å². The lowest BCUT2D eigenvalue weighted by Gasteiger charge is -2.13.